The molecule has 6 nitrogen and oxygen atoms in total. The van der Waals surface area contributed by atoms with E-state index in [1.165, 1.54) is 18.4 Å². The lowest BCUT2D eigenvalue weighted by molar-refractivity contribution is -0.158. The Bertz CT molecular complexity index is 1340. The third-order valence-electron chi connectivity index (χ3n) is 5.50. The SMILES string of the molecule is COC(=O)C1C2c3ccccc3OC1(C)N=c1sc(=Cc3ccc(Br)cc3)c(=O)n12. The summed E-state index contributed by atoms with van der Waals surface area (Å²) in [6, 6.07) is 14.6. The van der Waals surface area contributed by atoms with Crippen molar-refractivity contribution in [2.24, 2.45) is 10.9 Å². The van der Waals surface area contributed by atoms with Crippen LogP contribution in [0.25, 0.3) is 6.08 Å². The molecule has 0 saturated heterocycles. The van der Waals surface area contributed by atoms with E-state index in [4.69, 9.17) is 14.5 Å². The van der Waals surface area contributed by atoms with Crippen molar-refractivity contribution in [1.29, 1.82) is 0 Å². The zero-order valence-corrected chi connectivity index (χ0v) is 18.6. The standard InChI is InChI=1S/C22H17BrN2O4S/c1-22-17(20(27)28-2)18(14-5-3-4-6-15(14)29-22)25-19(26)16(30-21(25)24-22)11-12-7-9-13(23)10-8-12/h3-11,17-18H,1-2H3. The Balaban J connectivity index is 1.79. The number of fused-ring (bicyclic) bond motifs is 6. The van der Waals surface area contributed by atoms with Gasteiger partial charge in [0, 0.05) is 10.0 Å². The number of para-hydroxylation sites is 1. The number of methoxy groups -OCH3 is 1. The predicted molar refractivity (Wildman–Crippen MR) is 116 cm³/mol. The molecule has 0 spiro atoms. The summed E-state index contributed by atoms with van der Waals surface area (Å²) in [4.78, 5) is 31.4. The minimum atomic E-state index is -1.15. The van der Waals surface area contributed by atoms with Crippen molar-refractivity contribution in [3.05, 3.63) is 83.8 Å². The largest absolute Gasteiger partial charge is 0.469 e. The molecule has 3 aromatic rings. The number of ether oxygens (including phenoxy) is 2. The number of hydrogen-bond acceptors (Lipinski definition) is 6. The van der Waals surface area contributed by atoms with E-state index < -0.39 is 23.7 Å². The van der Waals surface area contributed by atoms with Gasteiger partial charge in [0.15, 0.2) is 4.80 Å². The number of rotatable bonds is 2. The fourth-order valence-electron chi connectivity index (χ4n) is 4.14. The van der Waals surface area contributed by atoms with Crippen LogP contribution in [0.5, 0.6) is 5.75 Å². The average Bonchev–Trinajstić information content (AvgIpc) is 3.02. The number of thiazole rings is 1. The molecule has 1 aromatic heterocycles. The van der Waals surface area contributed by atoms with E-state index in [0.29, 0.717) is 15.1 Å². The molecule has 3 heterocycles. The summed E-state index contributed by atoms with van der Waals surface area (Å²) >= 11 is 4.72. The molecule has 2 aliphatic heterocycles. The van der Waals surface area contributed by atoms with Gasteiger partial charge in [-0.15, -0.1) is 0 Å². The molecule has 3 unspecified atom stereocenters. The lowest BCUT2D eigenvalue weighted by Gasteiger charge is -2.44. The van der Waals surface area contributed by atoms with E-state index in [2.05, 4.69) is 15.9 Å². The highest BCUT2D eigenvalue weighted by molar-refractivity contribution is 9.10. The van der Waals surface area contributed by atoms with Gasteiger partial charge in [-0.1, -0.05) is 57.6 Å². The maximum Gasteiger partial charge on any atom is 0.317 e. The summed E-state index contributed by atoms with van der Waals surface area (Å²) in [6.07, 6.45) is 1.84. The van der Waals surface area contributed by atoms with Gasteiger partial charge in [0.25, 0.3) is 5.56 Å². The van der Waals surface area contributed by atoms with Crippen LogP contribution in [0.1, 0.15) is 24.1 Å². The summed E-state index contributed by atoms with van der Waals surface area (Å²) in [5, 5.41) is 0. The van der Waals surface area contributed by atoms with E-state index in [0.717, 1.165) is 15.6 Å². The van der Waals surface area contributed by atoms with Crippen LogP contribution in [0.3, 0.4) is 0 Å². The topological polar surface area (TPSA) is 69.9 Å². The number of nitrogens with zero attached hydrogens (tertiary/aromatic N) is 2. The molecule has 0 fully saturated rings. The van der Waals surface area contributed by atoms with E-state index in [1.807, 2.05) is 54.6 Å². The third kappa shape index (κ3) is 2.86. The van der Waals surface area contributed by atoms with Crippen molar-refractivity contribution < 1.29 is 14.3 Å². The van der Waals surface area contributed by atoms with Crippen LogP contribution < -0.4 is 19.6 Å². The Hall–Kier alpha value is -2.71. The lowest BCUT2D eigenvalue weighted by atomic mass is 9.81. The highest BCUT2D eigenvalue weighted by atomic mass is 79.9. The van der Waals surface area contributed by atoms with Gasteiger partial charge in [0.1, 0.15) is 11.7 Å². The van der Waals surface area contributed by atoms with Crippen LogP contribution in [0.4, 0.5) is 0 Å². The molecular formula is C22H17BrN2O4S. The molecular weight excluding hydrogens is 468 g/mol. The second kappa shape index (κ2) is 6.92. The number of halogens is 1. The van der Waals surface area contributed by atoms with E-state index >= 15 is 0 Å². The Morgan fingerprint density at radius 2 is 2.00 bits per heavy atom. The first-order valence-electron chi connectivity index (χ1n) is 9.35. The Kier molecular flexibility index (Phi) is 4.44. The molecule has 3 atom stereocenters. The summed E-state index contributed by atoms with van der Waals surface area (Å²) in [7, 11) is 1.34. The van der Waals surface area contributed by atoms with Crippen molar-refractivity contribution in [1.82, 2.24) is 4.57 Å². The monoisotopic (exact) mass is 484 g/mol. The predicted octanol–water partition coefficient (Wildman–Crippen LogP) is 2.62. The number of carbonyl (C=O) groups excluding carboxylic acids is 1. The summed E-state index contributed by atoms with van der Waals surface area (Å²) < 4.78 is 14.4. The first-order chi connectivity index (χ1) is 14.4. The van der Waals surface area contributed by atoms with Crippen LogP contribution in [-0.4, -0.2) is 23.4 Å². The second-order valence-corrected chi connectivity index (χ2v) is 9.30. The van der Waals surface area contributed by atoms with Gasteiger partial charge in [-0.05, 0) is 36.8 Å². The first kappa shape index (κ1) is 19.3. The minimum Gasteiger partial charge on any atom is -0.469 e. The normalized spacial score (nSPS) is 24.3. The van der Waals surface area contributed by atoms with Gasteiger partial charge in [0.2, 0.25) is 5.72 Å². The van der Waals surface area contributed by atoms with E-state index in [9.17, 15) is 9.59 Å². The molecule has 2 aliphatic rings. The Morgan fingerprint density at radius 1 is 1.27 bits per heavy atom. The molecule has 8 heteroatoms. The average molecular weight is 485 g/mol. The van der Waals surface area contributed by atoms with Crippen molar-refractivity contribution in [2.45, 2.75) is 18.7 Å². The third-order valence-corrected chi connectivity index (χ3v) is 7.01. The molecule has 30 heavy (non-hydrogen) atoms. The molecule has 0 aliphatic carbocycles. The highest BCUT2D eigenvalue weighted by Gasteiger charge is 2.55. The van der Waals surface area contributed by atoms with E-state index in [-0.39, 0.29) is 5.56 Å². The molecule has 5 rings (SSSR count). The molecule has 152 valence electrons. The number of esters is 1. The lowest BCUT2D eigenvalue weighted by Crippen LogP contribution is -2.58. The quantitative estimate of drug-likeness (QED) is 0.524. The maximum atomic E-state index is 13.4. The minimum absolute atomic E-state index is 0.181. The summed E-state index contributed by atoms with van der Waals surface area (Å²) in [6.45, 7) is 1.77. The maximum absolute atomic E-state index is 13.4. The first-order valence-corrected chi connectivity index (χ1v) is 11.0. The van der Waals surface area contributed by atoms with Gasteiger partial charge in [-0.2, -0.15) is 0 Å². The molecule has 0 amide bonds. The van der Waals surface area contributed by atoms with Crippen molar-refractivity contribution >= 4 is 39.3 Å². The number of carbonyl (C=O) groups is 1. The zero-order chi connectivity index (χ0) is 21.0. The molecule has 0 N–H and O–H groups in total. The summed E-state index contributed by atoms with van der Waals surface area (Å²) in [5.74, 6) is -0.600. The Morgan fingerprint density at radius 3 is 2.73 bits per heavy atom. The number of hydrogen-bond donors (Lipinski definition) is 0. The molecule has 0 saturated carbocycles. The van der Waals surface area contributed by atoms with Gasteiger partial charge >= 0.3 is 5.97 Å². The smallest absolute Gasteiger partial charge is 0.317 e. The molecule has 2 bridgehead atoms. The Labute approximate surface area is 184 Å². The van der Waals surface area contributed by atoms with Gasteiger partial charge in [-0.3, -0.25) is 14.2 Å². The van der Waals surface area contributed by atoms with Crippen LogP contribution in [0.15, 0.2) is 62.8 Å². The van der Waals surface area contributed by atoms with Crippen molar-refractivity contribution in [3.8, 4) is 5.75 Å². The van der Waals surface area contributed by atoms with E-state index in [1.54, 1.807) is 11.5 Å². The van der Waals surface area contributed by atoms with Gasteiger partial charge in [0.05, 0.1) is 17.7 Å². The van der Waals surface area contributed by atoms with Crippen LogP contribution in [0.2, 0.25) is 0 Å². The van der Waals surface area contributed by atoms with Gasteiger partial charge < -0.3 is 9.47 Å². The van der Waals surface area contributed by atoms with Gasteiger partial charge in [-0.25, -0.2) is 4.99 Å². The number of benzene rings is 2. The van der Waals surface area contributed by atoms with Crippen molar-refractivity contribution in [2.75, 3.05) is 7.11 Å². The van der Waals surface area contributed by atoms with Crippen LogP contribution in [0, 0.1) is 5.92 Å². The van der Waals surface area contributed by atoms with Crippen LogP contribution in [-0.2, 0) is 9.53 Å². The molecule has 2 aromatic carbocycles. The fraction of sp³-hybridized carbons (Fsp3) is 0.227. The van der Waals surface area contributed by atoms with Crippen LogP contribution >= 0.6 is 27.3 Å². The highest BCUT2D eigenvalue weighted by Crippen LogP contribution is 2.47. The number of aromatic nitrogens is 1. The van der Waals surface area contributed by atoms with Crippen molar-refractivity contribution in [3.63, 3.8) is 0 Å². The second-order valence-electron chi connectivity index (χ2n) is 7.37. The zero-order valence-electron chi connectivity index (χ0n) is 16.2. The fourth-order valence-corrected chi connectivity index (χ4v) is 5.51. The summed E-state index contributed by atoms with van der Waals surface area (Å²) in [5.41, 5.74) is 0.346. The molecule has 0 radical (unpaired) electrons.